The van der Waals surface area contributed by atoms with Gasteiger partial charge in [-0.2, -0.15) is 0 Å². The predicted molar refractivity (Wildman–Crippen MR) is 50.6 cm³/mol. The normalized spacial score (nSPS) is 10.8. The van der Waals surface area contributed by atoms with E-state index in [0.29, 0.717) is 10.9 Å². The highest BCUT2D eigenvalue weighted by atomic mass is 35.5. The molecule has 1 aromatic heterocycles. The first kappa shape index (κ1) is 9.46. The van der Waals surface area contributed by atoms with Gasteiger partial charge in [0.15, 0.2) is 0 Å². The van der Waals surface area contributed by atoms with Crippen LogP contribution in [0.1, 0.15) is 37.0 Å². The summed E-state index contributed by atoms with van der Waals surface area (Å²) in [5, 5.41) is 0.704. The number of aromatic nitrogens is 2. The zero-order valence-electron chi connectivity index (χ0n) is 7.85. The summed E-state index contributed by atoms with van der Waals surface area (Å²) >= 11 is 6.04. The summed E-state index contributed by atoms with van der Waals surface area (Å²) in [6.07, 6.45) is 0. The molecule has 0 aliphatic rings. The van der Waals surface area contributed by atoms with Gasteiger partial charge < -0.3 is 0 Å². The summed E-state index contributed by atoms with van der Waals surface area (Å²) in [6.45, 7) is 7.94. The molecular weight excluding hydrogens is 172 g/mol. The first-order valence-electron chi connectivity index (χ1n) is 4.03. The molecule has 1 rings (SSSR count). The molecule has 0 atom stereocenters. The van der Waals surface area contributed by atoms with Crippen LogP contribution in [0.15, 0.2) is 0 Å². The van der Waals surface area contributed by atoms with E-state index < -0.39 is 0 Å². The van der Waals surface area contributed by atoms with Crippen LogP contribution in [0, 0.1) is 13.8 Å². The molecule has 0 aromatic carbocycles. The highest BCUT2D eigenvalue weighted by molar-refractivity contribution is 6.31. The number of hydrogen-bond acceptors (Lipinski definition) is 2. The Kier molecular flexibility index (Phi) is 2.68. The Balaban J connectivity index is 3.28. The number of halogens is 1. The number of hydrogen-bond donors (Lipinski definition) is 0. The summed E-state index contributed by atoms with van der Waals surface area (Å²) in [7, 11) is 0. The van der Waals surface area contributed by atoms with E-state index in [0.717, 1.165) is 17.2 Å². The van der Waals surface area contributed by atoms with Crippen LogP contribution in [0.25, 0.3) is 0 Å². The van der Waals surface area contributed by atoms with Crippen molar-refractivity contribution in [2.45, 2.75) is 33.6 Å². The van der Waals surface area contributed by atoms with Gasteiger partial charge in [-0.25, -0.2) is 9.97 Å². The first-order chi connectivity index (χ1) is 5.52. The van der Waals surface area contributed by atoms with Gasteiger partial charge in [0.2, 0.25) is 0 Å². The van der Waals surface area contributed by atoms with Crippen molar-refractivity contribution in [2.75, 3.05) is 0 Å². The minimum Gasteiger partial charge on any atom is -0.237 e. The predicted octanol–water partition coefficient (Wildman–Crippen LogP) is 2.87. The topological polar surface area (TPSA) is 25.8 Å². The molecule has 0 saturated carbocycles. The fourth-order valence-electron chi connectivity index (χ4n) is 1.11. The molecule has 0 spiro atoms. The highest BCUT2D eigenvalue weighted by Gasteiger charge is 2.10. The number of rotatable bonds is 1. The van der Waals surface area contributed by atoms with Crippen LogP contribution in [-0.2, 0) is 0 Å². The van der Waals surface area contributed by atoms with E-state index in [1.807, 2.05) is 13.8 Å². The van der Waals surface area contributed by atoms with Gasteiger partial charge in [0.05, 0.1) is 16.4 Å². The van der Waals surface area contributed by atoms with Gasteiger partial charge in [-0.05, 0) is 19.8 Å². The minimum absolute atomic E-state index is 0.359. The van der Waals surface area contributed by atoms with Gasteiger partial charge in [0, 0.05) is 0 Å². The molecule has 0 unspecified atom stereocenters. The molecular formula is C9H13ClN2. The Hall–Kier alpha value is -0.630. The largest absolute Gasteiger partial charge is 0.237 e. The Morgan fingerprint density at radius 3 is 2.25 bits per heavy atom. The molecule has 12 heavy (non-hydrogen) atoms. The Morgan fingerprint density at radius 1 is 1.17 bits per heavy atom. The summed E-state index contributed by atoms with van der Waals surface area (Å²) in [5.41, 5.74) is 1.81. The van der Waals surface area contributed by atoms with E-state index in [1.165, 1.54) is 0 Å². The van der Waals surface area contributed by atoms with E-state index >= 15 is 0 Å². The fourth-order valence-corrected chi connectivity index (χ4v) is 1.41. The molecule has 0 bridgehead atoms. The standard InChI is InChI=1S/C9H13ClN2/c1-5(2)9-8(10)6(3)11-7(4)12-9/h5H,1-4H3. The molecule has 1 aromatic rings. The lowest BCUT2D eigenvalue weighted by molar-refractivity contribution is 0.795. The van der Waals surface area contributed by atoms with Crippen molar-refractivity contribution in [3.8, 4) is 0 Å². The van der Waals surface area contributed by atoms with Gasteiger partial charge >= 0.3 is 0 Å². The third-order valence-corrected chi connectivity index (χ3v) is 2.17. The molecule has 0 amide bonds. The van der Waals surface area contributed by atoms with Crippen molar-refractivity contribution >= 4 is 11.6 Å². The second-order valence-electron chi connectivity index (χ2n) is 3.21. The quantitative estimate of drug-likeness (QED) is 0.671. The van der Waals surface area contributed by atoms with Crippen LogP contribution in [0.5, 0.6) is 0 Å². The first-order valence-corrected chi connectivity index (χ1v) is 4.40. The lowest BCUT2D eigenvalue weighted by Gasteiger charge is -2.09. The van der Waals surface area contributed by atoms with Crippen LogP contribution in [0.4, 0.5) is 0 Å². The Labute approximate surface area is 78.0 Å². The SMILES string of the molecule is Cc1nc(C)c(Cl)c(C(C)C)n1. The van der Waals surface area contributed by atoms with Crippen LogP contribution in [-0.4, -0.2) is 9.97 Å². The maximum Gasteiger partial charge on any atom is 0.125 e. The molecule has 0 aliphatic carbocycles. The van der Waals surface area contributed by atoms with E-state index in [9.17, 15) is 0 Å². The second-order valence-corrected chi connectivity index (χ2v) is 3.59. The van der Waals surface area contributed by atoms with Gasteiger partial charge in [-0.1, -0.05) is 25.4 Å². The third-order valence-electron chi connectivity index (χ3n) is 1.70. The highest BCUT2D eigenvalue weighted by Crippen LogP contribution is 2.23. The monoisotopic (exact) mass is 184 g/mol. The van der Waals surface area contributed by atoms with Gasteiger partial charge in [-0.15, -0.1) is 0 Å². The zero-order valence-corrected chi connectivity index (χ0v) is 8.61. The van der Waals surface area contributed by atoms with Crippen molar-refractivity contribution in [3.63, 3.8) is 0 Å². The maximum atomic E-state index is 6.04. The lowest BCUT2D eigenvalue weighted by Crippen LogP contribution is -2.01. The number of nitrogens with zero attached hydrogens (tertiary/aromatic N) is 2. The van der Waals surface area contributed by atoms with Crippen molar-refractivity contribution in [1.82, 2.24) is 9.97 Å². The summed E-state index contributed by atoms with van der Waals surface area (Å²) in [6, 6.07) is 0. The maximum absolute atomic E-state index is 6.04. The smallest absolute Gasteiger partial charge is 0.125 e. The minimum atomic E-state index is 0.359. The fraction of sp³-hybridized carbons (Fsp3) is 0.556. The molecule has 0 radical (unpaired) electrons. The van der Waals surface area contributed by atoms with Crippen LogP contribution < -0.4 is 0 Å². The molecule has 0 aliphatic heterocycles. The summed E-state index contributed by atoms with van der Waals surface area (Å²) in [5.74, 6) is 1.15. The number of aryl methyl sites for hydroxylation is 2. The second kappa shape index (κ2) is 3.40. The van der Waals surface area contributed by atoms with E-state index in [1.54, 1.807) is 0 Å². The molecule has 0 saturated heterocycles. The lowest BCUT2D eigenvalue weighted by atomic mass is 10.1. The Morgan fingerprint density at radius 2 is 1.75 bits per heavy atom. The van der Waals surface area contributed by atoms with E-state index in [-0.39, 0.29) is 0 Å². The Bertz CT molecular complexity index is 295. The molecule has 3 heteroatoms. The van der Waals surface area contributed by atoms with Crippen LogP contribution >= 0.6 is 11.6 Å². The van der Waals surface area contributed by atoms with Gasteiger partial charge in [0.1, 0.15) is 5.82 Å². The van der Waals surface area contributed by atoms with Gasteiger partial charge in [-0.3, -0.25) is 0 Å². The van der Waals surface area contributed by atoms with Crippen molar-refractivity contribution in [2.24, 2.45) is 0 Å². The van der Waals surface area contributed by atoms with E-state index in [4.69, 9.17) is 11.6 Å². The summed E-state index contributed by atoms with van der Waals surface area (Å²) < 4.78 is 0. The van der Waals surface area contributed by atoms with Crippen molar-refractivity contribution in [1.29, 1.82) is 0 Å². The van der Waals surface area contributed by atoms with E-state index in [2.05, 4.69) is 23.8 Å². The zero-order chi connectivity index (χ0) is 9.30. The average Bonchev–Trinajstić information content (AvgIpc) is 1.96. The molecule has 0 fully saturated rings. The molecule has 1 heterocycles. The summed E-state index contributed by atoms with van der Waals surface area (Å²) in [4.78, 5) is 8.46. The average molecular weight is 185 g/mol. The molecule has 2 nitrogen and oxygen atoms in total. The third kappa shape index (κ3) is 1.75. The van der Waals surface area contributed by atoms with Crippen molar-refractivity contribution < 1.29 is 0 Å². The van der Waals surface area contributed by atoms with Gasteiger partial charge in [0.25, 0.3) is 0 Å². The van der Waals surface area contributed by atoms with Crippen molar-refractivity contribution in [3.05, 3.63) is 22.2 Å². The van der Waals surface area contributed by atoms with Crippen LogP contribution in [0.2, 0.25) is 5.02 Å². The molecule has 0 N–H and O–H groups in total. The molecule has 66 valence electrons. The van der Waals surface area contributed by atoms with Crippen LogP contribution in [0.3, 0.4) is 0 Å².